The molecule has 0 aliphatic rings. The predicted molar refractivity (Wildman–Crippen MR) is 86.7 cm³/mol. The van der Waals surface area contributed by atoms with Crippen molar-refractivity contribution in [1.29, 1.82) is 0 Å². The predicted octanol–water partition coefficient (Wildman–Crippen LogP) is 1.45. The third-order valence-corrected chi connectivity index (χ3v) is 3.18. The van der Waals surface area contributed by atoms with Crippen LogP contribution in [-0.2, 0) is 6.54 Å². The highest BCUT2D eigenvalue weighted by atomic mass is 35.5. The van der Waals surface area contributed by atoms with E-state index < -0.39 is 0 Å². The Labute approximate surface area is 133 Å². The van der Waals surface area contributed by atoms with Gasteiger partial charge in [0.15, 0.2) is 0 Å². The Hall–Kier alpha value is -0.880. The van der Waals surface area contributed by atoms with Crippen molar-refractivity contribution in [3.63, 3.8) is 0 Å². The number of pyridine rings is 1. The lowest BCUT2D eigenvalue weighted by molar-refractivity contribution is 0.0919. The van der Waals surface area contributed by atoms with Crippen LogP contribution in [0.15, 0.2) is 18.3 Å². The molecule has 1 heterocycles. The monoisotopic (exact) mass is 322 g/mol. The van der Waals surface area contributed by atoms with Gasteiger partial charge in [0.25, 0.3) is 5.91 Å². The average molecular weight is 323 g/mol. The van der Waals surface area contributed by atoms with Crippen LogP contribution in [0.4, 0.5) is 0 Å². The number of halogens is 2. The van der Waals surface area contributed by atoms with E-state index >= 15 is 0 Å². The summed E-state index contributed by atoms with van der Waals surface area (Å²) >= 11 is 0. The van der Waals surface area contributed by atoms with E-state index in [0.29, 0.717) is 18.7 Å². The summed E-state index contributed by atoms with van der Waals surface area (Å²) in [6.07, 6.45) is 1.61. The molecular weight excluding hydrogens is 299 g/mol. The maximum Gasteiger partial charge on any atom is 0.251 e. The first-order chi connectivity index (χ1) is 8.36. The van der Waals surface area contributed by atoms with Gasteiger partial charge in [0.2, 0.25) is 0 Å². The molecule has 1 amide bonds. The molecule has 0 atom stereocenters. The van der Waals surface area contributed by atoms with Gasteiger partial charge in [0, 0.05) is 30.4 Å². The van der Waals surface area contributed by atoms with Crippen LogP contribution < -0.4 is 11.1 Å². The van der Waals surface area contributed by atoms with Gasteiger partial charge in [-0.05, 0) is 40.1 Å². The van der Waals surface area contributed by atoms with Gasteiger partial charge in [-0.25, -0.2) is 0 Å². The molecule has 0 saturated carbocycles. The van der Waals surface area contributed by atoms with Gasteiger partial charge in [-0.1, -0.05) is 0 Å². The number of carbonyl (C=O) groups is 1. The number of carbonyl (C=O) groups excluding carboxylic acids is 1. The summed E-state index contributed by atoms with van der Waals surface area (Å²) in [5.41, 5.74) is 6.73. The summed E-state index contributed by atoms with van der Waals surface area (Å²) < 4.78 is 0. The average Bonchev–Trinajstić information content (AvgIpc) is 2.36. The first-order valence-electron chi connectivity index (χ1n) is 5.97. The summed E-state index contributed by atoms with van der Waals surface area (Å²) in [4.78, 5) is 18.1. The Bertz CT molecular complexity index is 425. The molecule has 116 valence electrons. The van der Waals surface area contributed by atoms with E-state index in [0.717, 1.165) is 5.69 Å². The smallest absolute Gasteiger partial charge is 0.251 e. The molecule has 1 rings (SSSR count). The highest BCUT2D eigenvalue weighted by molar-refractivity contribution is 5.94. The minimum absolute atomic E-state index is 0. The molecule has 0 radical (unpaired) electrons. The largest absolute Gasteiger partial charge is 0.350 e. The number of nitrogens with one attached hydrogen (secondary N) is 1. The number of aromatic nitrogens is 1. The van der Waals surface area contributed by atoms with E-state index in [2.05, 4.69) is 29.0 Å². The lowest BCUT2D eigenvalue weighted by atomic mass is 10.0. The number of hydrogen-bond acceptors (Lipinski definition) is 4. The zero-order valence-electron chi connectivity index (χ0n) is 12.3. The zero-order valence-corrected chi connectivity index (χ0v) is 14.0. The molecule has 0 aliphatic carbocycles. The second-order valence-electron chi connectivity index (χ2n) is 5.13. The Morgan fingerprint density at radius 2 is 2.00 bits per heavy atom. The second-order valence-corrected chi connectivity index (χ2v) is 5.13. The maximum absolute atomic E-state index is 12.0. The van der Waals surface area contributed by atoms with Crippen molar-refractivity contribution in [3.05, 3.63) is 29.6 Å². The molecule has 3 N–H and O–H groups in total. The zero-order chi connectivity index (χ0) is 13.8. The van der Waals surface area contributed by atoms with Crippen LogP contribution in [-0.4, -0.2) is 42.0 Å². The van der Waals surface area contributed by atoms with Crippen molar-refractivity contribution in [2.24, 2.45) is 5.73 Å². The molecule has 0 fully saturated rings. The highest BCUT2D eigenvalue weighted by Gasteiger charge is 2.21. The summed E-state index contributed by atoms with van der Waals surface area (Å²) in [7, 11) is 3.98. The number of hydrogen-bond donors (Lipinski definition) is 2. The van der Waals surface area contributed by atoms with E-state index in [-0.39, 0.29) is 36.3 Å². The van der Waals surface area contributed by atoms with Crippen molar-refractivity contribution in [3.8, 4) is 0 Å². The Balaban J connectivity index is 0. The molecule has 20 heavy (non-hydrogen) atoms. The SMILES string of the molecule is CN(C)C(C)(C)CNC(=O)c1ccnc(CN)c1.Cl.Cl. The van der Waals surface area contributed by atoms with E-state index in [1.807, 2.05) is 14.1 Å². The standard InChI is InChI=1S/C13H22N4O.2ClH/c1-13(2,17(3)4)9-16-12(18)10-5-6-15-11(7-10)8-14;;/h5-7H,8-9,14H2,1-4H3,(H,16,18);2*1H. The van der Waals surface area contributed by atoms with Gasteiger partial charge in [0.05, 0.1) is 5.69 Å². The molecule has 0 saturated heterocycles. The van der Waals surface area contributed by atoms with Crippen molar-refractivity contribution in [2.75, 3.05) is 20.6 Å². The topological polar surface area (TPSA) is 71.2 Å². The van der Waals surface area contributed by atoms with E-state index in [9.17, 15) is 4.79 Å². The quantitative estimate of drug-likeness (QED) is 0.860. The first-order valence-corrected chi connectivity index (χ1v) is 5.97. The molecule has 0 spiro atoms. The fraction of sp³-hybridized carbons (Fsp3) is 0.538. The highest BCUT2D eigenvalue weighted by Crippen LogP contribution is 2.08. The molecule has 1 aromatic rings. The van der Waals surface area contributed by atoms with Gasteiger partial charge < -0.3 is 16.0 Å². The molecule has 0 aromatic carbocycles. The normalized spacial score (nSPS) is 10.5. The minimum atomic E-state index is -0.0953. The Morgan fingerprint density at radius 3 is 2.50 bits per heavy atom. The van der Waals surface area contributed by atoms with Crippen LogP contribution in [0.5, 0.6) is 0 Å². The van der Waals surface area contributed by atoms with Crippen LogP contribution >= 0.6 is 24.8 Å². The molecule has 7 heteroatoms. The molecule has 5 nitrogen and oxygen atoms in total. The summed E-state index contributed by atoms with van der Waals surface area (Å²) in [5, 5.41) is 2.92. The first kappa shape index (κ1) is 21.4. The lowest BCUT2D eigenvalue weighted by Gasteiger charge is -2.32. The van der Waals surface area contributed by atoms with Gasteiger partial charge in [-0.15, -0.1) is 24.8 Å². The fourth-order valence-electron chi connectivity index (χ4n) is 1.29. The van der Waals surface area contributed by atoms with Crippen LogP contribution in [0.3, 0.4) is 0 Å². The minimum Gasteiger partial charge on any atom is -0.350 e. The van der Waals surface area contributed by atoms with Crippen molar-refractivity contribution in [2.45, 2.75) is 25.9 Å². The van der Waals surface area contributed by atoms with Crippen molar-refractivity contribution < 1.29 is 4.79 Å². The number of nitrogens with two attached hydrogens (primary N) is 1. The van der Waals surface area contributed by atoms with Gasteiger partial charge in [-0.2, -0.15) is 0 Å². The molecule has 0 aliphatic heterocycles. The second kappa shape index (κ2) is 9.13. The molecule has 1 aromatic heterocycles. The van der Waals surface area contributed by atoms with E-state index in [1.54, 1.807) is 18.3 Å². The van der Waals surface area contributed by atoms with Gasteiger partial charge >= 0.3 is 0 Å². The summed E-state index contributed by atoms with van der Waals surface area (Å²) in [6, 6.07) is 3.41. The van der Waals surface area contributed by atoms with E-state index in [4.69, 9.17) is 5.73 Å². The number of likely N-dealkylation sites (N-methyl/N-ethyl adjacent to an activating group) is 1. The molecule has 0 unspecified atom stereocenters. The summed E-state index contributed by atoms with van der Waals surface area (Å²) in [6.45, 7) is 5.07. The maximum atomic E-state index is 12.0. The Kier molecular flexibility index (Phi) is 9.78. The van der Waals surface area contributed by atoms with Crippen LogP contribution in [0.1, 0.15) is 29.9 Å². The lowest BCUT2D eigenvalue weighted by Crippen LogP contribution is -2.48. The number of nitrogens with zero attached hydrogens (tertiary/aromatic N) is 2. The third kappa shape index (κ3) is 6.05. The fourth-order valence-corrected chi connectivity index (χ4v) is 1.29. The number of rotatable bonds is 5. The summed E-state index contributed by atoms with van der Waals surface area (Å²) in [5.74, 6) is -0.0953. The number of amides is 1. The Morgan fingerprint density at radius 1 is 1.40 bits per heavy atom. The molecular formula is C13H24Cl2N4O. The van der Waals surface area contributed by atoms with Crippen LogP contribution in [0.2, 0.25) is 0 Å². The van der Waals surface area contributed by atoms with E-state index in [1.165, 1.54) is 0 Å². The third-order valence-electron chi connectivity index (χ3n) is 3.18. The van der Waals surface area contributed by atoms with Crippen LogP contribution in [0.25, 0.3) is 0 Å². The van der Waals surface area contributed by atoms with Crippen molar-refractivity contribution >= 4 is 30.7 Å². The molecule has 0 bridgehead atoms. The van der Waals surface area contributed by atoms with Crippen LogP contribution in [0, 0.1) is 0 Å². The van der Waals surface area contributed by atoms with Crippen molar-refractivity contribution in [1.82, 2.24) is 15.2 Å². The van der Waals surface area contributed by atoms with Gasteiger partial charge in [-0.3, -0.25) is 9.78 Å². The van der Waals surface area contributed by atoms with Gasteiger partial charge in [0.1, 0.15) is 0 Å².